The van der Waals surface area contributed by atoms with E-state index in [1.807, 2.05) is 13.0 Å². The number of hydrazone groups is 1. The van der Waals surface area contributed by atoms with Gasteiger partial charge < -0.3 is 9.72 Å². The molecule has 0 saturated carbocycles. The highest BCUT2D eigenvalue weighted by Gasteiger charge is 2.21. The minimum absolute atomic E-state index is 0.168. The van der Waals surface area contributed by atoms with Gasteiger partial charge in [0.25, 0.3) is 5.91 Å². The van der Waals surface area contributed by atoms with Crippen LogP contribution < -0.4 is 10.2 Å². The fourth-order valence-corrected chi connectivity index (χ4v) is 4.75. The number of ether oxygens (including phenoxy) is 1. The van der Waals surface area contributed by atoms with Crippen molar-refractivity contribution < 1.29 is 18.7 Å². The van der Waals surface area contributed by atoms with Crippen molar-refractivity contribution >= 4 is 56.5 Å². The first kappa shape index (κ1) is 26.3. The van der Waals surface area contributed by atoms with Crippen molar-refractivity contribution in [2.45, 2.75) is 6.92 Å². The Labute approximate surface area is 236 Å². The van der Waals surface area contributed by atoms with Gasteiger partial charge in [0.2, 0.25) is 0 Å². The molecule has 0 unspecified atom stereocenters. The molecule has 0 radical (unpaired) electrons. The van der Waals surface area contributed by atoms with Crippen LogP contribution in [-0.4, -0.2) is 23.1 Å². The maximum absolute atomic E-state index is 14.1. The number of aromatic amines is 1. The highest BCUT2D eigenvalue weighted by Crippen LogP contribution is 2.37. The molecule has 5 aromatic rings. The fourth-order valence-electron chi connectivity index (χ4n) is 4.14. The van der Waals surface area contributed by atoms with Gasteiger partial charge in [0, 0.05) is 37.1 Å². The molecule has 0 aliphatic heterocycles. The van der Waals surface area contributed by atoms with E-state index in [-0.39, 0.29) is 11.4 Å². The number of carbonyl (C=O) groups is 2. The third-order valence-corrected chi connectivity index (χ3v) is 6.75. The second-order valence-corrected chi connectivity index (χ2v) is 10.0. The molecule has 0 bridgehead atoms. The van der Waals surface area contributed by atoms with Gasteiger partial charge in [0.15, 0.2) is 0 Å². The summed E-state index contributed by atoms with van der Waals surface area (Å²) in [6.45, 7) is 1.89. The number of esters is 1. The second-order valence-electron chi connectivity index (χ2n) is 8.69. The molecule has 6 nitrogen and oxygen atoms in total. The van der Waals surface area contributed by atoms with Crippen LogP contribution >= 0.6 is 27.5 Å². The van der Waals surface area contributed by atoms with Crippen LogP contribution in [0, 0.1) is 12.7 Å². The van der Waals surface area contributed by atoms with Gasteiger partial charge in [0.05, 0.1) is 11.8 Å². The number of carbonyl (C=O) groups excluding carboxylic acids is 2. The average Bonchev–Trinajstić information content (AvgIpc) is 3.29. The van der Waals surface area contributed by atoms with Gasteiger partial charge in [-0.05, 0) is 61.5 Å². The van der Waals surface area contributed by atoms with Gasteiger partial charge in [-0.1, -0.05) is 63.4 Å². The number of benzene rings is 4. The quantitative estimate of drug-likeness (QED) is 0.0902. The van der Waals surface area contributed by atoms with E-state index in [0.717, 1.165) is 10.0 Å². The van der Waals surface area contributed by atoms with E-state index >= 15 is 0 Å². The summed E-state index contributed by atoms with van der Waals surface area (Å²) >= 11 is 9.83. The number of nitrogens with zero attached hydrogens (tertiary/aromatic N) is 1. The van der Waals surface area contributed by atoms with Crippen LogP contribution in [0.5, 0.6) is 5.75 Å². The SMILES string of the molecule is Cc1cccc(C(=O)Oc2ccc(Br)cc2C=NNC(=O)c2[nH]c3ccc(F)cc3c2-c2ccccc2Cl)c1. The predicted octanol–water partition coefficient (Wildman–Crippen LogP) is 7.68. The molecule has 0 atom stereocenters. The Bertz CT molecular complexity index is 1770. The summed E-state index contributed by atoms with van der Waals surface area (Å²) in [5.41, 5.74) is 6.06. The number of halogens is 3. The van der Waals surface area contributed by atoms with Gasteiger partial charge in [-0.25, -0.2) is 14.6 Å². The van der Waals surface area contributed by atoms with Crippen molar-refractivity contribution in [3.05, 3.63) is 123 Å². The van der Waals surface area contributed by atoms with Crippen LogP contribution in [0.3, 0.4) is 0 Å². The van der Waals surface area contributed by atoms with E-state index in [2.05, 4.69) is 31.4 Å². The number of amides is 1. The Balaban J connectivity index is 1.43. The standard InChI is InChI=1S/C30H20BrClFN3O3/c1-17-5-4-6-18(13-17)30(38)39-26-12-9-20(31)14-19(26)16-34-36-29(37)28-27(22-7-2-3-8-24(22)32)23-15-21(33)10-11-25(23)35-28/h2-16,35H,1H3,(H,36,37). The minimum atomic E-state index is -0.564. The molecular formula is C30H20BrClFN3O3. The van der Waals surface area contributed by atoms with Crippen LogP contribution in [0.2, 0.25) is 5.02 Å². The summed E-state index contributed by atoms with van der Waals surface area (Å²) in [5.74, 6) is -1.26. The molecule has 1 amide bonds. The summed E-state index contributed by atoms with van der Waals surface area (Å²) in [7, 11) is 0. The fraction of sp³-hybridized carbons (Fsp3) is 0.0333. The number of H-pyrrole nitrogens is 1. The molecule has 39 heavy (non-hydrogen) atoms. The Morgan fingerprint density at radius 1 is 1.03 bits per heavy atom. The lowest BCUT2D eigenvalue weighted by Gasteiger charge is -2.09. The van der Waals surface area contributed by atoms with Crippen molar-refractivity contribution in [3.8, 4) is 16.9 Å². The van der Waals surface area contributed by atoms with Crippen molar-refractivity contribution in [1.29, 1.82) is 0 Å². The zero-order chi connectivity index (χ0) is 27.5. The number of hydrogen-bond acceptors (Lipinski definition) is 4. The number of hydrogen-bond donors (Lipinski definition) is 2. The van der Waals surface area contributed by atoms with Gasteiger partial charge in [-0.2, -0.15) is 5.10 Å². The molecule has 0 aliphatic carbocycles. The third-order valence-electron chi connectivity index (χ3n) is 5.93. The predicted molar refractivity (Wildman–Crippen MR) is 154 cm³/mol. The molecule has 1 aromatic heterocycles. The summed E-state index contributed by atoms with van der Waals surface area (Å²) in [5, 5.41) is 5.02. The van der Waals surface area contributed by atoms with E-state index in [1.54, 1.807) is 66.7 Å². The van der Waals surface area contributed by atoms with Crippen molar-refractivity contribution in [1.82, 2.24) is 10.4 Å². The van der Waals surface area contributed by atoms with E-state index in [9.17, 15) is 14.0 Å². The highest BCUT2D eigenvalue weighted by atomic mass is 79.9. The summed E-state index contributed by atoms with van der Waals surface area (Å²) in [6.07, 6.45) is 1.37. The lowest BCUT2D eigenvalue weighted by molar-refractivity contribution is 0.0734. The number of fused-ring (bicyclic) bond motifs is 1. The maximum Gasteiger partial charge on any atom is 0.343 e. The number of nitrogens with one attached hydrogen (secondary N) is 2. The maximum atomic E-state index is 14.1. The normalized spacial score (nSPS) is 11.2. The number of aryl methyl sites for hydroxylation is 1. The van der Waals surface area contributed by atoms with Gasteiger partial charge in [-0.3, -0.25) is 4.79 Å². The lowest BCUT2D eigenvalue weighted by atomic mass is 10.0. The summed E-state index contributed by atoms with van der Waals surface area (Å²) in [6, 6.07) is 23.4. The molecule has 0 saturated heterocycles. The largest absolute Gasteiger partial charge is 0.422 e. The van der Waals surface area contributed by atoms with E-state index in [1.165, 1.54) is 18.3 Å². The molecule has 0 fully saturated rings. The number of rotatable bonds is 6. The molecule has 0 aliphatic rings. The Morgan fingerprint density at radius 3 is 2.64 bits per heavy atom. The molecular weight excluding hydrogens is 585 g/mol. The van der Waals surface area contributed by atoms with Gasteiger partial charge in [0.1, 0.15) is 17.3 Å². The zero-order valence-corrected chi connectivity index (χ0v) is 22.8. The Morgan fingerprint density at radius 2 is 1.85 bits per heavy atom. The molecule has 9 heteroatoms. The molecule has 0 spiro atoms. The molecule has 2 N–H and O–H groups in total. The third kappa shape index (κ3) is 5.77. The topological polar surface area (TPSA) is 83.5 Å². The average molecular weight is 605 g/mol. The van der Waals surface area contributed by atoms with E-state index < -0.39 is 17.7 Å². The van der Waals surface area contributed by atoms with E-state index in [4.69, 9.17) is 16.3 Å². The Kier molecular flexibility index (Phi) is 7.58. The Hall–Kier alpha value is -4.27. The van der Waals surface area contributed by atoms with Crippen LogP contribution in [0.1, 0.15) is 32.0 Å². The molecule has 5 rings (SSSR count). The van der Waals surface area contributed by atoms with Crippen LogP contribution in [0.25, 0.3) is 22.0 Å². The smallest absolute Gasteiger partial charge is 0.343 e. The van der Waals surface area contributed by atoms with Gasteiger partial charge in [-0.15, -0.1) is 0 Å². The zero-order valence-electron chi connectivity index (χ0n) is 20.5. The summed E-state index contributed by atoms with van der Waals surface area (Å²) < 4.78 is 20.4. The summed E-state index contributed by atoms with van der Waals surface area (Å²) in [4.78, 5) is 29.0. The van der Waals surface area contributed by atoms with Crippen molar-refractivity contribution in [2.24, 2.45) is 5.10 Å². The molecule has 4 aromatic carbocycles. The minimum Gasteiger partial charge on any atom is -0.422 e. The van der Waals surface area contributed by atoms with Crippen molar-refractivity contribution in [2.75, 3.05) is 0 Å². The van der Waals surface area contributed by atoms with Crippen molar-refractivity contribution in [3.63, 3.8) is 0 Å². The first-order valence-corrected chi connectivity index (χ1v) is 12.9. The van der Waals surface area contributed by atoms with Crippen LogP contribution in [0.15, 0.2) is 94.5 Å². The monoisotopic (exact) mass is 603 g/mol. The molecule has 194 valence electrons. The number of aromatic nitrogens is 1. The van der Waals surface area contributed by atoms with Gasteiger partial charge >= 0.3 is 5.97 Å². The lowest BCUT2D eigenvalue weighted by Crippen LogP contribution is -2.19. The van der Waals surface area contributed by atoms with E-state index in [0.29, 0.717) is 38.2 Å². The first-order valence-electron chi connectivity index (χ1n) is 11.8. The second kappa shape index (κ2) is 11.2. The highest BCUT2D eigenvalue weighted by molar-refractivity contribution is 9.10. The molecule has 1 heterocycles. The van der Waals surface area contributed by atoms with Crippen LogP contribution in [-0.2, 0) is 0 Å². The first-order chi connectivity index (χ1) is 18.8. The van der Waals surface area contributed by atoms with Crippen LogP contribution in [0.4, 0.5) is 4.39 Å².